The van der Waals surface area contributed by atoms with Gasteiger partial charge in [-0.15, -0.1) is 0 Å². The van der Waals surface area contributed by atoms with Crippen molar-refractivity contribution in [3.8, 4) is 11.5 Å². The summed E-state index contributed by atoms with van der Waals surface area (Å²) in [6, 6.07) is 5.40. The molecule has 1 aromatic carbocycles. The molecule has 1 aromatic rings. The van der Waals surface area contributed by atoms with Gasteiger partial charge in [-0.2, -0.15) is 0 Å². The van der Waals surface area contributed by atoms with E-state index in [1.165, 1.54) is 0 Å². The number of fused-ring (bicyclic) bond motifs is 1. The standard InChI is InChI=1S/C12H16N2O3/c1-13-5-4-12(15)14-9-2-3-10-11(8-9)17-7-6-16-10/h2-3,8,13H,4-7H2,1H3,(H,14,15). The number of rotatable bonds is 4. The van der Waals surface area contributed by atoms with Crippen molar-refractivity contribution in [2.24, 2.45) is 0 Å². The lowest BCUT2D eigenvalue weighted by molar-refractivity contribution is -0.116. The van der Waals surface area contributed by atoms with Crippen LogP contribution in [-0.4, -0.2) is 32.7 Å². The fraction of sp³-hybridized carbons (Fsp3) is 0.417. The fourth-order valence-electron chi connectivity index (χ4n) is 1.58. The summed E-state index contributed by atoms with van der Waals surface area (Å²) in [6.45, 7) is 1.78. The van der Waals surface area contributed by atoms with Crippen molar-refractivity contribution in [3.05, 3.63) is 18.2 Å². The van der Waals surface area contributed by atoms with E-state index in [1.54, 1.807) is 6.07 Å². The van der Waals surface area contributed by atoms with Crippen LogP contribution in [0, 0.1) is 0 Å². The van der Waals surface area contributed by atoms with Crippen LogP contribution in [0.3, 0.4) is 0 Å². The largest absolute Gasteiger partial charge is 0.486 e. The number of carbonyl (C=O) groups is 1. The number of nitrogens with one attached hydrogen (secondary N) is 2. The first kappa shape index (κ1) is 11.7. The van der Waals surface area contributed by atoms with Gasteiger partial charge in [0.15, 0.2) is 11.5 Å². The first-order valence-corrected chi connectivity index (χ1v) is 5.63. The highest BCUT2D eigenvalue weighted by molar-refractivity contribution is 5.91. The predicted molar refractivity (Wildman–Crippen MR) is 64.6 cm³/mol. The van der Waals surface area contributed by atoms with Crippen LogP contribution in [0.1, 0.15) is 6.42 Å². The summed E-state index contributed by atoms with van der Waals surface area (Å²) in [5.41, 5.74) is 0.732. The first-order chi connectivity index (χ1) is 8.29. The molecule has 0 saturated heterocycles. The fourth-order valence-corrected chi connectivity index (χ4v) is 1.58. The second-order valence-electron chi connectivity index (χ2n) is 3.76. The van der Waals surface area contributed by atoms with Crippen LogP contribution in [0.4, 0.5) is 5.69 Å². The van der Waals surface area contributed by atoms with E-state index in [9.17, 15) is 4.79 Å². The Morgan fingerprint density at radius 2 is 2.06 bits per heavy atom. The van der Waals surface area contributed by atoms with Gasteiger partial charge in [-0.05, 0) is 19.2 Å². The lowest BCUT2D eigenvalue weighted by Gasteiger charge is -2.19. The van der Waals surface area contributed by atoms with Crippen molar-refractivity contribution >= 4 is 11.6 Å². The van der Waals surface area contributed by atoms with Crippen LogP contribution in [-0.2, 0) is 4.79 Å². The maximum absolute atomic E-state index is 11.5. The zero-order valence-electron chi connectivity index (χ0n) is 9.79. The van der Waals surface area contributed by atoms with Crippen LogP contribution < -0.4 is 20.1 Å². The second-order valence-corrected chi connectivity index (χ2v) is 3.76. The van der Waals surface area contributed by atoms with Gasteiger partial charge >= 0.3 is 0 Å². The van der Waals surface area contributed by atoms with E-state index >= 15 is 0 Å². The normalized spacial score (nSPS) is 13.2. The number of benzene rings is 1. The highest BCUT2D eigenvalue weighted by Crippen LogP contribution is 2.32. The third-order valence-corrected chi connectivity index (χ3v) is 2.43. The monoisotopic (exact) mass is 236 g/mol. The molecule has 0 aromatic heterocycles. The molecule has 0 radical (unpaired) electrons. The van der Waals surface area contributed by atoms with Crippen molar-refractivity contribution in [1.29, 1.82) is 0 Å². The maximum atomic E-state index is 11.5. The van der Waals surface area contributed by atoms with Crippen LogP contribution in [0.5, 0.6) is 11.5 Å². The zero-order chi connectivity index (χ0) is 12.1. The van der Waals surface area contributed by atoms with Gasteiger partial charge in [-0.25, -0.2) is 0 Å². The molecule has 1 amide bonds. The molecule has 5 heteroatoms. The third kappa shape index (κ3) is 3.10. The summed E-state index contributed by atoms with van der Waals surface area (Å²) in [7, 11) is 1.82. The van der Waals surface area contributed by atoms with Gasteiger partial charge in [0.2, 0.25) is 5.91 Å². The van der Waals surface area contributed by atoms with E-state index in [0.717, 1.165) is 11.4 Å². The van der Waals surface area contributed by atoms with Crippen molar-refractivity contribution in [1.82, 2.24) is 5.32 Å². The molecule has 17 heavy (non-hydrogen) atoms. The molecule has 2 N–H and O–H groups in total. The maximum Gasteiger partial charge on any atom is 0.225 e. The van der Waals surface area contributed by atoms with Crippen LogP contribution >= 0.6 is 0 Å². The van der Waals surface area contributed by atoms with Gasteiger partial charge in [-0.1, -0.05) is 0 Å². The highest BCUT2D eigenvalue weighted by Gasteiger charge is 2.12. The highest BCUT2D eigenvalue weighted by atomic mass is 16.6. The number of carbonyl (C=O) groups excluding carboxylic acids is 1. The Morgan fingerprint density at radius 1 is 1.29 bits per heavy atom. The molecule has 0 fully saturated rings. The van der Waals surface area contributed by atoms with E-state index in [4.69, 9.17) is 9.47 Å². The van der Waals surface area contributed by atoms with Gasteiger partial charge < -0.3 is 20.1 Å². The second kappa shape index (κ2) is 5.54. The molecule has 5 nitrogen and oxygen atoms in total. The smallest absolute Gasteiger partial charge is 0.225 e. The molecule has 2 rings (SSSR count). The molecule has 1 aliphatic heterocycles. The molecular formula is C12H16N2O3. The molecule has 92 valence electrons. The number of hydrogen-bond donors (Lipinski definition) is 2. The number of anilines is 1. The van der Waals surface area contributed by atoms with Crippen molar-refractivity contribution in [2.75, 3.05) is 32.1 Å². The van der Waals surface area contributed by atoms with Crippen LogP contribution in [0.2, 0.25) is 0 Å². The molecule has 0 atom stereocenters. The molecule has 0 spiro atoms. The Hall–Kier alpha value is -1.75. The lowest BCUT2D eigenvalue weighted by atomic mass is 10.2. The molecule has 0 bridgehead atoms. The summed E-state index contributed by atoms with van der Waals surface area (Å²) in [6.07, 6.45) is 0.449. The predicted octanol–water partition coefficient (Wildman–Crippen LogP) is 1.01. The van der Waals surface area contributed by atoms with Crippen molar-refractivity contribution in [2.45, 2.75) is 6.42 Å². The Kier molecular flexibility index (Phi) is 3.82. The summed E-state index contributed by atoms with van der Waals surface area (Å²) in [5.74, 6) is 1.39. The zero-order valence-corrected chi connectivity index (χ0v) is 9.79. The molecule has 0 aliphatic carbocycles. The molecule has 0 saturated carbocycles. The molecule has 1 aliphatic rings. The molecule has 1 heterocycles. The minimum Gasteiger partial charge on any atom is -0.486 e. The minimum atomic E-state index is -0.0176. The van der Waals surface area contributed by atoms with Crippen molar-refractivity contribution < 1.29 is 14.3 Å². The third-order valence-electron chi connectivity index (χ3n) is 2.43. The van der Waals surface area contributed by atoms with Gasteiger partial charge in [0.25, 0.3) is 0 Å². The Morgan fingerprint density at radius 3 is 2.82 bits per heavy atom. The SMILES string of the molecule is CNCCC(=O)Nc1ccc2c(c1)OCCO2. The summed E-state index contributed by atoms with van der Waals surface area (Å²) < 4.78 is 10.8. The van der Waals surface area contributed by atoms with Gasteiger partial charge in [0.05, 0.1) is 0 Å². The summed E-state index contributed by atoms with van der Waals surface area (Å²) in [5, 5.41) is 5.74. The van der Waals surface area contributed by atoms with Gasteiger partial charge in [0.1, 0.15) is 13.2 Å². The van der Waals surface area contributed by atoms with Crippen LogP contribution in [0.15, 0.2) is 18.2 Å². The van der Waals surface area contributed by atoms with E-state index in [2.05, 4.69) is 10.6 Å². The van der Waals surface area contributed by atoms with E-state index < -0.39 is 0 Å². The first-order valence-electron chi connectivity index (χ1n) is 5.63. The Balaban J connectivity index is 1.99. The van der Waals surface area contributed by atoms with E-state index in [0.29, 0.717) is 31.9 Å². The number of ether oxygens (including phenoxy) is 2. The average Bonchev–Trinajstić information content (AvgIpc) is 2.36. The lowest BCUT2D eigenvalue weighted by Crippen LogP contribution is -2.19. The molecular weight excluding hydrogens is 220 g/mol. The topological polar surface area (TPSA) is 59.6 Å². The quantitative estimate of drug-likeness (QED) is 0.819. The number of amides is 1. The minimum absolute atomic E-state index is 0.0176. The van der Waals surface area contributed by atoms with Crippen LogP contribution in [0.25, 0.3) is 0 Å². The summed E-state index contributed by atoms with van der Waals surface area (Å²) >= 11 is 0. The van der Waals surface area contributed by atoms with Gasteiger partial charge in [-0.3, -0.25) is 4.79 Å². The summed E-state index contributed by atoms with van der Waals surface area (Å²) in [4.78, 5) is 11.5. The Labute approximate surface area is 100 Å². The van der Waals surface area contributed by atoms with E-state index in [-0.39, 0.29) is 5.91 Å². The molecule has 0 unspecified atom stereocenters. The average molecular weight is 236 g/mol. The number of hydrogen-bond acceptors (Lipinski definition) is 4. The Bertz CT molecular complexity index is 407. The van der Waals surface area contributed by atoms with E-state index in [1.807, 2.05) is 19.2 Å². The van der Waals surface area contributed by atoms with Crippen molar-refractivity contribution in [3.63, 3.8) is 0 Å². The van der Waals surface area contributed by atoms with Gasteiger partial charge in [0, 0.05) is 24.7 Å².